The summed E-state index contributed by atoms with van der Waals surface area (Å²) in [5, 5.41) is 21.7. The van der Waals surface area contributed by atoms with Crippen molar-refractivity contribution in [1.82, 2.24) is 24.7 Å². The number of aromatic hydroxyl groups is 1. The van der Waals surface area contributed by atoms with Gasteiger partial charge in [-0.1, -0.05) is 18.2 Å². The minimum atomic E-state index is -1.35. The summed E-state index contributed by atoms with van der Waals surface area (Å²) < 4.78 is 10.9. The second kappa shape index (κ2) is 12.9. The van der Waals surface area contributed by atoms with E-state index in [1.807, 2.05) is 25.1 Å². The summed E-state index contributed by atoms with van der Waals surface area (Å²) in [5.41, 5.74) is 8.87. The maximum atomic E-state index is 12.5. The quantitative estimate of drug-likeness (QED) is 0.214. The van der Waals surface area contributed by atoms with Crippen LogP contribution in [0.2, 0.25) is 0 Å². The highest BCUT2D eigenvalue weighted by atomic mass is 35.5. The second-order valence-electron chi connectivity index (χ2n) is 8.63. The molecule has 5 aromatic rings. The Bertz CT molecular complexity index is 1720. The fourth-order valence-corrected chi connectivity index (χ4v) is 3.85. The number of aryl methyl sites for hydroxylation is 1. The number of fused-ring (bicyclic) bond motifs is 2. The molecule has 0 aliphatic heterocycles. The predicted octanol–water partition coefficient (Wildman–Crippen LogP) is 3.43. The van der Waals surface area contributed by atoms with Gasteiger partial charge in [-0.15, -0.1) is 12.4 Å². The predicted molar refractivity (Wildman–Crippen MR) is 149 cm³/mol. The van der Waals surface area contributed by atoms with Crippen LogP contribution in [0.25, 0.3) is 16.9 Å². The fraction of sp³-hybridized carbons (Fsp3) is 0.185. The van der Waals surface area contributed by atoms with Gasteiger partial charge < -0.3 is 30.4 Å². The van der Waals surface area contributed by atoms with Crippen molar-refractivity contribution >= 4 is 47.1 Å². The highest BCUT2D eigenvalue weighted by molar-refractivity contribution is 5.96. The third kappa shape index (κ3) is 6.77. The molecule has 0 aliphatic carbocycles. The molecule has 0 spiro atoms. The third-order valence-electron chi connectivity index (χ3n) is 5.89. The van der Waals surface area contributed by atoms with Crippen molar-refractivity contribution in [3.8, 4) is 5.88 Å². The number of nitrogens with two attached hydrogens (primary N) is 1. The van der Waals surface area contributed by atoms with Crippen LogP contribution in [0.4, 0.5) is 0 Å². The Morgan fingerprint density at radius 1 is 1.12 bits per heavy atom. The number of methoxy groups -OCH3 is 1. The van der Waals surface area contributed by atoms with Crippen LogP contribution >= 0.6 is 12.4 Å². The smallest absolute Gasteiger partial charge is 0.353 e. The van der Waals surface area contributed by atoms with Gasteiger partial charge in [-0.25, -0.2) is 28.9 Å². The van der Waals surface area contributed by atoms with Crippen molar-refractivity contribution < 1.29 is 33.8 Å². The number of nitrogens with one attached hydrogen (secondary N) is 1. The molecule has 0 saturated heterocycles. The Balaban J connectivity index is 0.000000296. The number of nitrogens with zero attached hydrogens (tertiary/aromatic N) is 4. The van der Waals surface area contributed by atoms with Crippen molar-refractivity contribution in [2.75, 3.05) is 7.11 Å². The molecule has 0 bridgehead atoms. The van der Waals surface area contributed by atoms with Crippen LogP contribution in [0.1, 0.15) is 61.3 Å². The van der Waals surface area contributed by atoms with Gasteiger partial charge in [0.25, 0.3) is 5.91 Å². The molecule has 3 heterocycles. The average molecular weight is 583 g/mol. The topological polar surface area (TPSA) is 195 Å². The van der Waals surface area contributed by atoms with Crippen molar-refractivity contribution in [3.63, 3.8) is 0 Å². The zero-order valence-corrected chi connectivity index (χ0v) is 23.0. The Morgan fingerprint density at radius 2 is 1.83 bits per heavy atom. The number of esters is 1. The maximum absolute atomic E-state index is 12.5. The molecule has 0 unspecified atom stereocenters. The van der Waals surface area contributed by atoms with Crippen LogP contribution in [0.3, 0.4) is 0 Å². The van der Waals surface area contributed by atoms with Crippen LogP contribution < -0.4 is 11.1 Å². The molecule has 0 saturated carbocycles. The lowest BCUT2D eigenvalue weighted by atomic mass is 10.1. The number of halogens is 1. The number of carboxylic acids is 1. The number of aromatic carboxylic acids is 1. The molecule has 14 heteroatoms. The van der Waals surface area contributed by atoms with E-state index in [0.717, 1.165) is 38.9 Å². The number of carbonyl (C=O) groups excluding carboxylic acids is 2. The summed E-state index contributed by atoms with van der Waals surface area (Å²) >= 11 is 0. The van der Waals surface area contributed by atoms with E-state index in [4.69, 9.17) is 10.2 Å². The summed E-state index contributed by atoms with van der Waals surface area (Å²) in [4.78, 5) is 47.4. The van der Waals surface area contributed by atoms with E-state index < -0.39 is 29.8 Å². The van der Waals surface area contributed by atoms with Gasteiger partial charge in [-0.2, -0.15) is 0 Å². The zero-order chi connectivity index (χ0) is 29.0. The van der Waals surface area contributed by atoms with Crippen LogP contribution in [-0.4, -0.2) is 54.5 Å². The molecule has 0 radical (unpaired) electrons. The standard InChI is InChI=1S/C18H16N4O6.C9H10N2O.ClH/c1-9(10-3-5-11(6-4-10)17(27)28-2)20-15(24)12-7-13(16(25)26)22-14(23)8-19-18(22)21-12;1-6-11-8-4-7(5-10)2-3-9(8)12-6;/h3-9,23H,1-2H3,(H,20,24)(H,25,26);2-4H,5,10H2,1H3;1H/t9-;;/m0../s1. The van der Waals surface area contributed by atoms with E-state index in [2.05, 4.69) is 25.0 Å². The molecule has 13 nitrogen and oxygen atoms in total. The fourth-order valence-electron chi connectivity index (χ4n) is 3.85. The largest absolute Gasteiger partial charge is 0.493 e. The van der Waals surface area contributed by atoms with E-state index in [1.54, 1.807) is 31.2 Å². The molecule has 0 aliphatic rings. The van der Waals surface area contributed by atoms with Crippen LogP contribution in [-0.2, 0) is 11.3 Å². The first-order chi connectivity index (χ1) is 19.1. The summed E-state index contributed by atoms with van der Waals surface area (Å²) in [6.45, 7) is 4.10. The molecular weight excluding hydrogens is 556 g/mol. The first-order valence-corrected chi connectivity index (χ1v) is 12.0. The Morgan fingerprint density at radius 3 is 2.46 bits per heavy atom. The van der Waals surface area contributed by atoms with Gasteiger partial charge in [0.1, 0.15) is 16.9 Å². The van der Waals surface area contributed by atoms with Crippen LogP contribution in [0, 0.1) is 6.92 Å². The molecule has 214 valence electrons. The van der Waals surface area contributed by atoms with Gasteiger partial charge in [0.15, 0.2) is 11.5 Å². The number of rotatable bonds is 6. The SMILES string of the molecule is COC(=O)c1ccc([C@H](C)NC(=O)c2cc(C(=O)O)n3c(O)cnc3n2)cc1.Cc1nc2cc(CN)ccc2o1.Cl. The molecule has 5 rings (SSSR count). The number of hydrogen-bond acceptors (Lipinski definition) is 10. The number of hydrogen-bond donors (Lipinski definition) is 4. The lowest BCUT2D eigenvalue weighted by molar-refractivity contribution is 0.0599. The number of carboxylic acid groups (broad SMARTS) is 1. The van der Waals surface area contributed by atoms with Crippen molar-refractivity contribution in [3.05, 3.63) is 88.7 Å². The molecule has 1 amide bonds. The molecular formula is C27H27ClN6O7. The Hall–Kier alpha value is -5.01. The van der Waals surface area contributed by atoms with E-state index in [9.17, 15) is 24.6 Å². The van der Waals surface area contributed by atoms with E-state index in [1.165, 1.54) is 7.11 Å². The Kier molecular flexibility index (Phi) is 9.60. The molecule has 0 fully saturated rings. The Labute approximate surface area is 239 Å². The van der Waals surface area contributed by atoms with Gasteiger partial charge in [-0.3, -0.25) is 4.79 Å². The first kappa shape index (κ1) is 30.5. The highest BCUT2D eigenvalue weighted by Gasteiger charge is 2.20. The highest BCUT2D eigenvalue weighted by Crippen LogP contribution is 2.19. The maximum Gasteiger partial charge on any atom is 0.353 e. The van der Waals surface area contributed by atoms with Gasteiger partial charge in [0.2, 0.25) is 11.7 Å². The number of carbonyl (C=O) groups is 3. The zero-order valence-electron chi connectivity index (χ0n) is 22.2. The summed E-state index contributed by atoms with van der Waals surface area (Å²) in [6, 6.07) is 12.9. The second-order valence-corrected chi connectivity index (χ2v) is 8.63. The first-order valence-electron chi connectivity index (χ1n) is 12.0. The number of aromatic nitrogens is 4. The molecule has 3 aromatic heterocycles. The number of benzene rings is 2. The normalized spacial score (nSPS) is 11.2. The van der Waals surface area contributed by atoms with Crippen molar-refractivity contribution in [1.29, 1.82) is 0 Å². The molecule has 1 atom stereocenters. The molecule has 5 N–H and O–H groups in total. The van der Waals surface area contributed by atoms with Crippen LogP contribution in [0.5, 0.6) is 5.88 Å². The van der Waals surface area contributed by atoms with Gasteiger partial charge in [0, 0.05) is 19.5 Å². The minimum Gasteiger partial charge on any atom is -0.493 e. The number of imidazole rings is 1. The van der Waals surface area contributed by atoms with E-state index >= 15 is 0 Å². The number of oxazole rings is 1. The monoisotopic (exact) mass is 582 g/mol. The average Bonchev–Trinajstić information content (AvgIpc) is 3.52. The van der Waals surface area contributed by atoms with E-state index in [-0.39, 0.29) is 29.6 Å². The number of ether oxygens (including phenoxy) is 1. The molecule has 41 heavy (non-hydrogen) atoms. The summed E-state index contributed by atoms with van der Waals surface area (Å²) in [6.07, 6.45) is 1.04. The lowest BCUT2D eigenvalue weighted by Gasteiger charge is -2.15. The van der Waals surface area contributed by atoms with Crippen molar-refractivity contribution in [2.24, 2.45) is 5.73 Å². The van der Waals surface area contributed by atoms with Gasteiger partial charge in [0.05, 0.1) is 24.9 Å². The van der Waals surface area contributed by atoms with Crippen LogP contribution in [0.15, 0.2) is 59.1 Å². The third-order valence-corrected chi connectivity index (χ3v) is 5.89. The summed E-state index contributed by atoms with van der Waals surface area (Å²) in [7, 11) is 1.29. The molecule has 2 aromatic carbocycles. The van der Waals surface area contributed by atoms with Gasteiger partial charge >= 0.3 is 11.9 Å². The van der Waals surface area contributed by atoms with E-state index in [0.29, 0.717) is 18.0 Å². The minimum absolute atomic E-state index is 0. The van der Waals surface area contributed by atoms with Crippen molar-refractivity contribution in [2.45, 2.75) is 26.4 Å². The van der Waals surface area contributed by atoms with Gasteiger partial charge in [-0.05, 0) is 42.3 Å². The number of amides is 1. The lowest BCUT2D eigenvalue weighted by Crippen LogP contribution is -2.28. The summed E-state index contributed by atoms with van der Waals surface area (Å²) in [5.74, 6) is -2.24.